The van der Waals surface area contributed by atoms with Gasteiger partial charge in [-0.25, -0.2) is 5.48 Å². The molecule has 2 aromatic carbocycles. The molecule has 0 unspecified atom stereocenters. The first-order valence-corrected chi connectivity index (χ1v) is 8.28. The Hall–Kier alpha value is -3.34. The Morgan fingerprint density at radius 2 is 1.81 bits per heavy atom. The number of benzene rings is 2. The summed E-state index contributed by atoms with van der Waals surface area (Å²) in [6.45, 7) is 1.80. The van der Waals surface area contributed by atoms with Crippen LogP contribution in [0.1, 0.15) is 22.8 Å². The molecule has 0 radical (unpaired) electrons. The highest BCUT2D eigenvalue weighted by atomic mass is 16.5. The van der Waals surface area contributed by atoms with Crippen LogP contribution in [0.2, 0.25) is 0 Å². The number of rotatable bonds is 6. The fourth-order valence-electron chi connectivity index (χ4n) is 2.21. The third kappa shape index (κ3) is 6.15. The molecule has 2 aromatic rings. The van der Waals surface area contributed by atoms with Gasteiger partial charge in [0.25, 0.3) is 11.8 Å². The summed E-state index contributed by atoms with van der Waals surface area (Å²) in [4.78, 5) is 23.8. The Morgan fingerprint density at radius 1 is 1.15 bits per heavy atom. The summed E-state index contributed by atoms with van der Waals surface area (Å²) in [7, 11) is 0. The van der Waals surface area contributed by atoms with Crippen LogP contribution in [0.3, 0.4) is 0 Å². The van der Waals surface area contributed by atoms with E-state index in [0.29, 0.717) is 5.56 Å². The van der Waals surface area contributed by atoms with E-state index in [4.69, 9.17) is 15.7 Å². The van der Waals surface area contributed by atoms with E-state index in [2.05, 4.69) is 17.2 Å². The van der Waals surface area contributed by atoms with E-state index in [-0.39, 0.29) is 6.61 Å². The monoisotopic (exact) mass is 367 g/mol. The van der Waals surface area contributed by atoms with Crippen molar-refractivity contribution in [1.82, 2.24) is 10.8 Å². The maximum absolute atomic E-state index is 12.2. The Labute approximate surface area is 157 Å². The molecule has 0 fully saturated rings. The fraction of sp³-hybridized carbons (Fsp3) is 0.200. The molecule has 5 N–H and O–H groups in total. The number of hydrogen-bond donors (Lipinski definition) is 4. The number of hydrogen-bond acceptors (Lipinski definition) is 5. The maximum atomic E-state index is 12.2. The minimum atomic E-state index is -1.04. The predicted molar refractivity (Wildman–Crippen MR) is 100 cm³/mol. The standard InChI is InChI=1S/C20H21N3O4/c1-14(21)18(20(25)23-26)22-19(24)16-11-9-15(10-12-16)6-5-13-27-17-7-3-2-4-8-17/h2-4,7-12,14,18,26H,13,21H2,1H3,(H,22,24)(H,23,25)/t14-,18+/m1/s1. The predicted octanol–water partition coefficient (Wildman–Crippen LogP) is 1.07. The van der Waals surface area contributed by atoms with Crippen molar-refractivity contribution in [2.45, 2.75) is 19.0 Å². The molecule has 0 saturated carbocycles. The lowest BCUT2D eigenvalue weighted by molar-refractivity contribution is -0.131. The van der Waals surface area contributed by atoms with Gasteiger partial charge in [-0.15, -0.1) is 0 Å². The molecule has 0 spiro atoms. The van der Waals surface area contributed by atoms with Crippen LogP contribution in [0.15, 0.2) is 54.6 Å². The second-order valence-electron chi connectivity index (χ2n) is 5.77. The summed E-state index contributed by atoms with van der Waals surface area (Å²) in [6.07, 6.45) is 0. The number of nitrogens with two attached hydrogens (primary N) is 1. The van der Waals surface area contributed by atoms with Crippen LogP contribution in [-0.2, 0) is 4.79 Å². The average Bonchev–Trinajstić information content (AvgIpc) is 2.69. The zero-order chi connectivity index (χ0) is 19.6. The van der Waals surface area contributed by atoms with Gasteiger partial charge in [0.2, 0.25) is 0 Å². The molecule has 0 heterocycles. The van der Waals surface area contributed by atoms with Crippen LogP contribution in [0.25, 0.3) is 0 Å². The summed E-state index contributed by atoms with van der Waals surface area (Å²) in [5.41, 5.74) is 8.21. The Balaban J connectivity index is 1.93. The van der Waals surface area contributed by atoms with Crippen molar-refractivity contribution >= 4 is 11.8 Å². The van der Waals surface area contributed by atoms with E-state index < -0.39 is 23.9 Å². The third-order valence-electron chi connectivity index (χ3n) is 3.64. The van der Waals surface area contributed by atoms with E-state index in [1.165, 1.54) is 5.48 Å². The van der Waals surface area contributed by atoms with E-state index in [1.807, 2.05) is 30.3 Å². The molecule has 7 nitrogen and oxygen atoms in total. The van der Waals surface area contributed by atoms with Gasteiger partial charge in [0, 0.05) is 17.2 Å². The molecular formula is C20H21N3O4. The van der Waals surface area contributed by atoms with Crippen LogP contribution in [0, 0.1) is 11.8 Å². The van der Waals surface area contributed by atoms with Crippen LogP contribution >= 0.6 is 0 Å². The number of ether oxygens (including phenoxy) is 1. The molecule has 27 heavy (non-hydrogen) atoms. The zero-order valence-electron chi connectivity index (χ0n) is 14.8. The lowest BCUT2D eigenvalue weighted by Crippen LogP contribution is -2.54. The van der Waals surface area contributed by atoms with Gasteiger partial charge in [-0.3, -0.25) is 14.8 Å². The smallest absolute Gasteiger partial charge is 0.267 e. The highest BCUT2D eigenvalue weighted by Crippen LogP contribution is 2.08. The number of hydroxylamine groups is 1. The summed E-state index contributed by atoms with van der Waals surface area (Å²) >= 11 is 0. The van der Waals surface area contributed by atoms with Gasteiger partial charge in [-0.2, -0.15) is 0 Å². The molecule has 2 atom stereocenters. The van der Waals surface area contributed by atoms with Crippen LogP contribution in [-0.4, -0.2) is 35.7 Å². The largest absolute Gasteiger partial charge is 0.481 e. The van der Waals surface area contributed by atoms with Gasteiger partial charge in [0.15, 0.2) is 0 Å². The second-order valence-corrected chi connectivity index (χ2v) is 5.77. The molecule has 2 rings (SSSR count). The third-order valence-corrected chi connectivity index (χ3v) is 3.64. The summed E-state index contributed by atoms with van der Waals surface area (Å²) < 4.78 is 5.48. The molecule has 0 aliphatic rings. The van der Waals surface area contributed by atoms with E-state index in [9.17, 15) is 9.59 Å². The van der Waals surface area contributed by atoms with E-state index >= 15 is 0 Å². The molecule has 0 bridgehead atoms. The first kappa shape index (κ1) is 20.0. The molecule has 0 aliphatic carbocycles. The number of nitrogens with one attached hydrogen (secondary N) is 2. The quantitative estimate of drug-likeness (QED) is 0.346. The number of amides is 2. The topological polar surface area (TPSA) is 114 Å². The van der Waals surface area contributed by atoms with Crippen molar-refractivity contribution in [2.75, 3.05) is 6.61 Å². The van der Waals surface area contributed by atoms with Crippen LogP contribution < -0.4 is 21.3 Å². The Kier molecular flexibility index (Phi) is 7.37. The van der Waals surface area contributed by atoms with Crippen molar-refractivity contribution in [3.63, 3.8) is 0 Å². The van der Waals surface area contributed by atoms with Crippen molar-refractivity contribution in [3.8, 4) is 17.6 Å². The fourth-order valence-corrected chi connectivity index (χ4v) is 2.21. The molecule has 2 amide bonds. The Morgan fingerprint density at radius 3 is 2.41 bits per heavy atom. The number of carbonyl (C=O) groups excluding carboxylic acids is 2. The zero-order valence-corrected chi connectivity index (χ0v) is 14.8. The lowest BCUT2D eigenvalue weighted by Gasteiger charge is -2.20. The van der Waals surface area contributed by atoms with Crippen molar-refractivity contribution < 1.29 is 19.5 Å². The lowest BCUT2D eigenvalue weighted by atomic mass is 10.1. The van der Waals surface area contributed by atoms with Gasteiger partial charge in [0.1, 0.15) is 18.4 Å². The molecule has 0 aromatic heterocycles. The van der Waals surface area contributed by atoms with Gasteiger partial charge >= 0.3 is 0 Å². The maximum Gasteiger partial charge on any atom is 0.267 e. The molecular weight excluding hydrogens is 346 g/mol. The highest BCUT2D eigenvalue weighted by Gasteiger charge is 2.24. The van der Waals surface area contributed by atoms with E-state index in [0.717, 1.165) is 11.3 Å². The summed E-state index contributed by atoms with van der Waals surface area (Å²) in [5.74, 6) is 5.33. The van der Waals surface area contributed by atoms with E-state index in [1.54, 1.807) is 31.2 Å². The molecule has 0 aliphatic heterocycles. The van der Waals surface area contributed by atoms with Crippen molar-refractivity contribution in [1.29, 1.82) is 0 Å². The van der Waals surface area contributed by atoms with Crippen LogP contribution in [0.5, 0.6) is 5.75 Å². The van der Waals surface area contributed by atoms with Crippen molar-refractivity contribution in [3.05, 3.63) is 65.7 Å². The minimum Gasteiger partial charge on any atom is -0.481 e. The normalized spacial score (nSPS) is 12.1. The summed E-state index contributed by atoms with van der Waals surface area (Å²) in [6, 6.07) is 14.2. The number of para-hydroxylation sites is 1. The first-order valence-electron chi connectivity index (χ1n) is 8.28. The van der Waals surface area contributed by atoms with Gasteiger partial charge in [0.05, 0.1) is 0 Å². The molecule has 0 saturated heterocycles. The van der Waals surface area contributed by atoms with Gasteiger partial charge in [-0.05, 0) is 43.3 Å². The minimum absolute atomic E-state index is 0.249. The Bertz CT molecular complexity index is 824. The molecule has 7 heteroatoms. The highest BCUT2D eigenvalue weighted by molar-refractivity contribution is 5.97. The first-order chi connectivity index (χ1) is 13.0. The average molecular weight is 367 g/mol. The van der Waals surface area contributed by atoms with Gasteiger partial charge < -0.3 is 15.8 Å². The second kappa shape index (κ2) is 9.97. The van der Waals surface area contributed by atoms with Crippen LogP contribution in [0.4, 0.5) is 0 Å². The van der Waals surface area contributed by atoms with Crippen molar-refractivity contribution in [2.24, 2.45) is 5.73 Å². The summed E-state index contributed by atoms with van der Waals surface area (Å²) in [5, 5.41) is 11.2. The van der Waals surface area contributed by atoms with Gasteiger partial charge in [-0.1, -0.05) is 30.0 Å². The number of carbonyl (C=O) groups is 2. The SMILES string of the molecule is C[C@@H](N)[C@H](NC(=O)c1ccc(C#CCOc2ccccc2)cc1)C(=O)NO. The molecule has 140 valence electrons.